The molecule has 0 aromatic carbocycles. The van der Waals surface area contributed by atoms with Gasteiger partial charge in [-0.05, 0) is 58.5 Å². The van der Waals surface area contributed by atoms with Crippen molar-refractivity contribution in [2.24, 2.45) is 0 Å². The number of rotatable bonds is 5. The minimum atomic E-state index is -1.59. The average Bonchev–Trinajstić information content (AvgIpc) is 2.37. The highest BCUT2D eigenvalue weighted by Gasteiger charge is 2.25. The van der Waals surface area contributed by atoms with Crippen molar-refractivity contribution in [3.8, 4) is 0 Å². The molecule has 0 N–H and O–H groups in total. The highest BCUT2D eigenvalue weighted by Crippen LogP contribution is 2.32. The second-order valence-electron chi connectivity index (χ2n) is 7.31. The van der Waals surface area contributed by atoms with Gasteiger partial charge in [0.15, 0.2) is 0 Å². The van der Waals surface area contributed by atoms with Gasteiger partial charge in [-0.3, -0.25) is 0 Å². The van der Waals surface area contributed by atoms with E-state index >= 15 is 0 Å². The normalized spacial score (nSPS) is 18.0. The number of allylic oxidation sites excluding steroid dienone is 2. The van der Waals surface area contributed by atoms with Crippen molar-refractivity contribution in [1.82, 2.24) is 0 Å². The predicted octanol–water partition coefficient (Wildman–Crippen LogP) is 5.42. The Morgan fingerprint density at radius 3 is 2.00 bits per heavy atom. The zero-order chi connectivity index (χ0) is 14.7. The summed E-state index contributed by atoms with van der Waals surface area (Å²) in [4.78, 5) is 0. The third-order valence-electron chi connectivity index (χ3n) is 2.86. The van der Waals surface area contributed by atoms with Gasteiger partial charge in [-0.25, -0.2) is 0 Å². The first-order valence-electron chi connectivity index (χ1n) is 7.38. The van der Waals surface area contributed by atoms with Crippen molar-refractivity contribution >= 4 is 16.6 Å². The lowest BCUT2D eigenvalue weighted by Crippen LogP contribution is -2.27. The molecule has 0 saturated heterocycles. The van der Waals surface area contributed by atoms with Crippen molar-refractivity contribution in [1.29, 1.82) is 0 Å². The average molecular weight is 299 g/mol. The molecule has 0 spiro atoms. The fraction of sp³-hybridized carbons (Fsp3) is 0.733. The third kappa shape index (κ3) is 6.48. The Bertz CT molecular complexity index is 359. The smallest absolute Gasteiger partial charge is 0.242 e. The van der Waals surface area contributed by atoms with Gasteiger partial charge in [-0.1, -0.05) is 13.0 Å². The van der Waals surface area contributed by atoms with Gasteiger partial charge in [0.05, 0.1) is 5.76 Å². The maximum Gasteiger partial charge on any atom is 0.242 e. The molecular formula is C15H30O2Si2. The molecule has 0 atom stereocenters. The van der Waals surface area contributed by atoms with E-state index in [9.17, 15) is 0 Å². The Morgan fingerprint density at radius 2 is 1.47 bits per heavy atom. The summed E-state index contributed by atoms with van der Waals surface area (Å²) >= 11 is 0. The monoisotopic (exact) mass is 298 g/mol. The highest BCUT2D eigenvalue weighted by molar-refractivity contribution is 6.70. The topological polar surface area (TPSA) is 18.5 Å². The molecule has 0 aliphatic heterocycles. The van der Waals surface area contributed by atoms with E-state index in [2.05, 4.69) is 45.9 Å². The summed E-state index contributed by atoms with van der Waals surface area (Å²) in [5, 5.41) is 0. The van der Waals surface area contributed by atoms with Gasteiger partial charge in [0.25, 0.3) is 0 Å². The summed E-state index contributed by atoms with van der Waals surface area (Å²) in [5.74, 6) is 2.04. The van der Waals surface area contributed by atoms with Crippen molar-refractivity contribution in [3.05, 3.63) is 23.7 Å². The molecule has 1 aliphatic carbocycles. The van der Waals surface area contributed by atoms with Gasteiger partial charge >= 0.3 is 0 Å². The standard InChI is InChI=1S/C15H30O2Si2/c1-13(16-18(2,3)4)14-11-9-8-10-12-15(14)17-19(5,6)7/h1,8-12H2,2-7H3. The number of hydrogen-bond donors (Lipinski definition) is 0. The van der Waals surface area contributed by atoms with Crippen molar-refractivity contribution in [2.75, 3.05) is 0 Å². The van der Waals surface area contributed by atoms with Crippen LogP contribution in [0.4, 0.5) is 0 Å². The highest BCUT2D eigenvalue weighted by atomic mass is 28.4. The van der Waals surface area contributed by atoms with Gasteiger partial charge in [0.1, 0.15) is 5.76 Å². The van der Waals surface area contributed by atoms with E-state index in [0.717, 1.165) is 18.6 Å². The lowest BCUT2D eigenvalue weighted by molar-refractivity contribution is 0.375. The van der Waals surface area contributed by atoms with Crippen LogP contribution in [0.3, 0.4) is 0 Å². The van der Waals surface area contributed by atoms with E-state index < -0.39 is 16.6 Å². The van der Waals surface area contributed by atoms with Gasteiger partial charge < -0.3 is 8.85 Å². The summed E-state index contributed by atoms with van der Waals surface area (Å²) in [5.41, 5.74) is 1.25. The first-order chi connectivity index (χ1) is 8.58. The van der Waals surface area contributed by atoms with Gasteiger partial charge in [0.2, 0.25) is 16.6 Å². The zero-order valence-electron chi connectivity index (χ0n) is 13.6. The molecule has 1 rings (SSSR count). The van der Waals surface area contributed by atoms with E-state index in [-0.39, 0.29) is 0 Å². The predicted molar refractivity (Wildman–Crippen MR) is 88.1 cm³/mol. The molecule has 1 aliphatic rings. The van der Waals surface area contributed by atoms with Gasteiger partial charge in [-0.15, -0.1) is 0 Å². The molecule has 0 unspecified atom stereocenters. The number of hydrogen-bond acceptors (Lipinski definition) is 2. The SMILES string of the molecule is C=C(O[Si](C)(C)C)C1=C(O[Si](C)(C)C)CCCCC1. The Kier molecular flexibility index (Phi) is 5.50. The van der Waals surface area contributed by atoms with E-state index in [0.29, 0.717) is 0 Å². The van der Waals surface area contributed by atoms with Crippen LogP contribution >= 0.6 is 0 Å². The molecule has 110 valence electrons. The summed E-state index contributed by atoms with van der Waals surface area (Å²) in [6, 6.07) is 0. The maximum absolute atomic E-state index is 6.30. The molecule has 19 heavy (non-hydrogen) atoms. The summed E-state index contributed by atoms with van der Waals surface area (Å²) in [6.45, 7) is 17.5. The molecule has 0 amide bonds. The molecule has 0 heterocycles. The van der Waals surface area contributed by atoms with Crippen LogP contribution in [0.15, 0.2) is 23.7 Å². The quantitative estimate of drug-likeness (QED) is 0.498. The zero-order valence-corrected chi connectivity index (χ0v) is 15.6. The molecule has 0 radical (unpaired) electrons. The van der Waals surface area contributed by atoms with Gasteiger partial charge in [-0.2, -0.15) is 0 Å². The van der Waals surface area contributed by atoms with Crippen LogP contribution in [0.25, 0.3) is 0 Å². The van der Waals surface area contributed by atoms with E-state index in [4.69, 9.17) is 8.85 Å². The van der Waals surface area contributed by atoms with E-state index in [1.165, 1.54) is 30.6 Å². The fourth-order valence-corrected chi connectivity index (χ4v) is 4.09. The fourth-order valence-electron chi connectivity index (χ4n) is 2.26. The molecule has 4 heteroatoms. The molecule has 0 aromatic heterocycles. The maximum atomic E-state index is 6.30. The van der Waals surface area contributed by atoms with Crippen LogP contribution in [0.2, 0.25) is 39.3 Å². The minimum absolute atomic E-state index is 0.870. The molecular weight excluding hydrogens is 268 g/mol. The largest absolute Gasteiger partial charge is 0.547 e. The van der Waals surface area contributed by atoms with Crippen LogP contribution < -0.4 is 0 Å². The molecule has 0 bridgehead atoms. The van der Waals surface area contributed by atoms with E-state index in [1.807, 2.05) is 0 Å². The first-order valence-corrected chi connectivity index (χ1v) is 14.2. The lowest BCUT2D eigenvalue weighted by atomic mass is 10.1. The van der Waals surface area contributed by atoms with Crippen LogP contribution in [-0.4, -0.2) is 16.6 Å². The molecule has 2 nitrogen and oxygen atoms in total. The molecule has 0 saturated carbocycles. The summed E-state index contributed by atoms with van der Waals surface area (Å²) in [6.07, 6.45) is 5.84. The Balaban J connectivity index is 2.95. The van der Waals surface area contributed by atoms with Gasteiger partial charge in [0, 0.05) is 12.0 Å². The summed E-state index contributed by atoms with van der Waals surface area (Å²) in [7, 11) is -3.14. The van der Waals surface area contributed by atoms with Crippen LogP contribution in [0.5, 0.6) is 0 Å². The lowest BCUT2D eigenvalue weighted by Gasteiger charge is -2.27. The van der Waals surface area contributed by atoms with Crippen LogP contribution in [-0.2, 0) is 8.85 Å². The molecule has 0 aromatic rings. The van der Waals surface area contributed by atoms with Crippen LogP contribution in [0.1, 0.15) is 32.1 Å². The third-order valence-corrected chi connectivity index (χ3v) is 4.58. The molecule has 0 fully saturated rings. The minimum Gasteiger partial charge on any atom is -0.547 e. The van der Waals surface area contributed by atoms with E-state index in [1.54, 1.807) is 0 Å². The second kappa shape index (κ2) is 6.31. The summed E-state index contributed by atoms with van der Waals surface area (Å²) < 4.78 is 12.4. The van der Waals surface area contributed by atoms with Crippen molar-refractivity contribution in [2.45, 2.75) is 71.4 Å². The Morgan fingerprint density at radius 1 is 0.895 bits per heavy atom. The van der Waals surface area contributed by atoms with Crippen LogP contribution in [0, 0.1) is 0 Å². The Hall–Kier alpha value is -0.486. The van der Waals surface area contributed by atoms with Crippen molar-refractivity contribution < 1.29 is 8.85 Å². The second-order valence-corrected chi connectivity index (χ2v) is 16.2. The first kappa shape index (κ1) is 16.6. The Labute approximate surface area is 121 Å². The van der Waals surface area contributed by atoms with Crippen molar-refractivity contribution in [3.63, 3.8) is 0 Å².